The third kappa shape index (κ3) is 11.4. The first kappa shape index (κ1) is 18.8. The molecule has 4 heteroatoms. The molecule has 0 amide bonds. The van der Waals surface area contributed by atoms with E-state index in [-0.39, 0.29) is 0 Å². The van der Waals surface area contributed by atoms with Gasteiger partial charge in [0.15, 0.2) is 0 Å². The molecule has 0 unspecified atom stereocenters. The third-order valence-electron chi connectivity index (χ3n) is 3.51. The maximum atomic E-state index is 3.46. The van der Waals surface area contributed by atoms with Crippen LogP contribution in [-0.4, -0.2) is 57.9 Å². The molecule has 0 spiro atoms. The lowest BCUT2D eigenvalue weighted by Gasteiger charge is -2.22. The highest BCUT2D eigenvalue weighted by atomic mass is 15.2. The van der Waals surface area contributed by atoms with Crippen molar-refractivity contribution in [1.82, 2.24) is 20.9 Å². The van der Waals surface area contributed by atoms with Crippen LogP contribution in [0.3, 0.4) is 0 Å². The van der Waals surface area contributed by atoms with Crippen molar-refractivity contribution in [3.8, 4) is 0 Å². The van der Waals surface area contributed by atoms with Crippen LogP contribution >= 0.6 is 0 Å². The highest BCUT2D eigenvalue weighted by molar-refractivity contribution is 4.70. The summed E-state index contributed by atoms with van der Waals surface area (Å²) in [7, 11) is 4.14. The smallest absolute Gasteiger partial charge is 0.0453 e. The fraction of sp³-hybridized carbons (Fsp3) is 1.00. The number of likely N-dealkylation sites (N-methyl/N-ethyl adjacent to an activating group) is 1. The Morgan fingerprint density at radius 3 is 2.05 bits per heavy atom. The summed E-state index contributed by atoms with van der Waals surface area (Å²) >= 11 is 0. The van der Waals surface area contributed by atoms with Crippen LogP contribution in [0.25, 0.3) is 0 Å². The maximum Gasteiger partial charge on any atom is 0.0453 e. The Labute approximate surface area is 120 Å². The van der Waals surface area contributed by atoms with Crippen LogP contribution in [0, 0.1) is 0 Å². The van der Waals surface area contributed by atoms with Crippen molar-refractivity contribution in [2.45, 2.75) is 52.0 Å². The SMILES string of the molecule is CC.CN1CCNCC1.CNCNC1CCCCC1. The molecule has 19 heavy (non-hydrogen) atoms. The van der Waals surface area contributed by atoms with Gasteiger partial charge < -0.3 is 20.9 Å². The molecule has 0 aromatic heterocycles. The lowest BCUT2D eigenvalue weighted by atomic mass is 9.96. The quantitative estimate of drug-likeness (QED) is 0.683. The van der Waals surface area contributed by atoms with Gasteiger partial charge in [-0.05, 0) is 26.9 Å². The largest absolute Gasteiger partial charge is 0.314 e. The number of rotatable bonds is 3. The van der Waals surface area contributed by atoms with Crippen LogP contribution in [0.4, 0.5) is 0 Å². The van der Waals surface area contributed by atoms with Crippen LogP contribution in [0.2, 0.25) is 0 Å². The summed E-state index contributed by atoms with van der Waals surface area (Å²) in [5, 5.41) is 9.84. The van der Waals surface area contributed by atoms with Crippen molar-refractivity contribution in [3.05, 3.63) is 0 Å². The van der Waals surface area contributed by atoms with Gasteiger partial charge in [0.25, 0.3) is 0 Å². The lowest BCUT2D eigenvalue weighted by Crippen LogP contribution is -2.40. The third-order valence-corrected chi connectivity index (χ3v) is 3.51. The number of nitrogens with one attached hydrogen (secondary N) is 3. The highest BCUT2D eigenvalue weighted by Crippen LogP contribution is 2.16. The van der Waals surface area contributed by atoms with Gasteiger partial charge in [0.05, 0.1) is 0 Å². The van der Waals surface area contributed by atoms with E-state index in [1.807, 2.05) is 20.9 Å². The first-order valence-corrected chi connectivity index (χ1v) is 8.10. The van der Waals surface area contributed by atoms with E-state index in [0.29, 0.717) is 0 Å². The van der Waals surface area contributed by atoms with Crippen LogP contribution in [-0.2, 0) is 0 Å². The van der Waals surface area contributed by atoms with Gasteiger partial charge in [-0.25, -0.2) is 0 Å². The van der Waals surface area contributed by atoms with E-state index in [1.54, 1.807) is 0 Å². The van der Waals surface area contributed by atoms with Gasteiger partial charge in [-0.1, -0.05) is 33.1 Å². The lowest BCUT2D eigenvalue weighted by molar-refractivity contribution is 0.291. The van der Waals surface area contributed by atoms with Gasteiger partial charge in [0, 0.05) is 38.9 Å². The van der Waals surface area contributed by atoms with Crippen molar-refractivity contribution < 1.29 is 0 Å². The van der Waals surface area contributed by atoms with Crippen LogP contribution < -0.4 is 16.0 Å². The van der Waals surface area contributed by atoms with E-state index >= 15 is 0 Å². The summed E-state index contributed by atoms with van der Waals surface area (Å²) in [5.41, 5.74) is 0. The molecule has 1 saturated carbocycles. The molecule has 1 heterocycles. The zero-order chi connectivity index (χ0) is 14.3. The Morgan fingerprint density at radius 2 is 1.63 bits per heavy atom. The second-order valence-corrected chi connectivity index (χ2v) is 5.12. The van der Waals surface area contributed by atoms with Crippen molar-refractivity contribution >= 4 is 0 Å². The fourth-order valence-electron chi connectivity index (χ4n) is 2.33. The zero-order valence-electron chi connectivity index (χ0n) is 13.6. The molecule has 0 radical (unpaired) electrons. The van der Waals surface area contributed by atoms with E-state index in [4.69, 9.17) is 0 Å². The molecule has 3 N–H and O–H groups in total. The van der Waals surface area contributed by atoms with Crippen molar-refractivity contribution in [1.29, 1.82) is 0 Å². The molecule has 2 rings (SSSR count). The molecular formula is C15H36N4. The average Bonchev–Trinajstić information content (AvgIpc) is 2.50. The van der Waals surface area contributed by atoms with Crippen LogP contribution in [0.1, 0.15) is 46.0 Å². The minimum absolute atomic E-state index is 0.793. The molecule has 4 nitrogen and oxygen atoms in total. The summed E-state index contributed by atoms with van der Waals surface area (Å²) < 4.78 is 0. The van der Waals surface area contributed by atoms with Crippen molar-refractivity contribution in [2.24, 2.45) is 0 Å². The van der Waals surface area contributed by atoms with Gasteiger partial charge in [-0.2, -0.15) is 0 Å². The number of hydrogen-bond acceptors (Lipinski definition) is 4. The standard InChI is InChI=1S/C8H18N2.C5H12N2.C2H6/c1-9-7-10-8-5-3-2-4-6-8;1-7-4-2-6-3-5-7;1-2/h8-10H,2-7H2,1H3;6H,2-5H2,1H3;1-2H3. The predicted molar refractivity (Wildman–Crippen MR) is 85.7 cm³/mol. The molecule has 0 bridgehead atoms. The molecule has 1 aliphatic heterocycles. The van der Waals surface area contributed by atoms with Crippen molar-refractivity contribution in [3.63, 3.8) is 0 Å². The van der Waals surface area contributed by atoms with E-state index in [2.05, 4.69) is 27.9 Å². The summed E-state index contributed by atoms with van der Waals surface area (Å²) in [6, 6.07) is 0.793. The molecule has 2 aliphatic rings. The van der Waals surface area contributed by atoms with E-state index < -0.39 is 0 Å². The van der Waals surface area contributed by atoms with Gasteiger partial charge in [0.2, 0.25) is 0 Å². The second-order valence-electron chi connectivity index (χ2n) is 5.12. The summed E-state index contributed by atoms with van der Waals surface area (Å²) in [5.74, 6) is 0. The molecule has 0 aromatic carbocycles. The normalized spacial score (nSPS) is 20.8. The van der Waals surface area contributed by atoms with Crippen molar-refractivity contribution in [2.75, 3.05) is 46.9 Å². The monoisotopic (exact) mass is 272 g/mol. The van der Waals surface area contributed by atoms with E-state index in [1.165, 1.54) is 45.2 Å². The highest BCUT2D eigenvalue weighted by Gasteiger charge is 2.10. The Balaban J connectivity index is 0.000000316. The van der Waals surface area contributed by atoms with Crippen LogP contribution in [0.5, 0.6) is 0 Å². The fourth-order valence-corrected chi connectivity index (χ4v) is 2.33. The zero-order valence-corrected chi connectivity index (χ0v) is 13.6. The Bertz CT molecular complexity index is 164. The molecule has 0 atom stereocenters. The number of piperazine rings is 1. The van der Waals surface area contributed by atoms with E-state index in [0.717, 1.165) is 25.8 Å². The number of nitrogens with zero attached hydrogens (tertiary/aromatic N) is 1. The molecule has 2 fully saturated rings. The first-order valence-electron chi connectivity index (χ1n) is 8.10. The maximum absolute atomic E-state index is 3.46. The molecule has 1 saturated heterocycles. The van der Waals surface area contributed by atoms with Crippen LogP contribution in [0.15, 0.2) is 0 Å². The molecule has 1 aliphatic carbocycles. The minimum atomic E-state index is 0.793. The van der Waals surface area contributed by atoms with E-state index in [9.17, 15) is 0 Å². The first-order chi connectivity index (χ1) is 9.33. The Morgan fingerprint density at radius 1 is 1.05 bits per heavy atom. The number of hydrogen-bond donors (Lipinski definition) is 3. The second kappa shape index (κ2) is 14.3. The Kier molecular flexibility index (Phi) is 14.1. The average molecular weight is 272 g/mol. The summed E-state index contributed by atoms with van der Waals surface area (Å²) in [6.07, 6.45) is 7.03. The topological polar surface area (TPSA) is 39.3 Å². The van der Waals surface area contributed by atoms with Gasteiger partial charge in [0.1, 0.15) is 0 Å². The van der Waals surface area contributed by atoms with Gasteiger partial charge in [-0.3, -0.25) is 0 Å². The predicted octanol–water partition coefficient (Wildman–Crippen LogP) is 1.63. The van der Waals surface area contributed by atoms with Gasteiger partial charge >= 0.3 is 0 Å². The summed E-state index contributed by atoms with van der Waals surface area (Å²) in [6.45, 7) is 9.71. The summed E-state index contributed by atoms with van der Waals surface area (Å²) in [4.78, 5) is 2.33. The Hall–Kier alpha value is -0.160. The molecular weight excluding hydrogens is 236 g/mol. The van der Waals surface area contributed by atoms with Gasteiger partial charge in [-0.15, -0.1) is 0 Å². The minimum Gasteiger partial charge on any atom is -0.314 e. The molecule has 116 valence electrons. The molecule has 0 aromatic rings.